The summed E-state index contributed by atoms with van der Waals surface area (Å²) in [6.07, 6.45) is 1.87. The molecule has 0 amide bonds. The molecule has 0 bridgehead atoms. The Morgan fingerprint density at radius 2 is 2.14 bits per heavy atom. The van der Waals surface area contributed by atoms with E-state index in [0.717, 1.165) is 16.5 Å². The van der Waals surface area contributed by atoms with Crippen molar-refractivity contribution in [1.29, 1.82) is 0 Å². The van der Waals surface area contributed by atoms with E-state index in [9.17, 15) is 4.79 Å². The lowest BCUT2D eigenvalue weighted by atomic mass is 10.1. The number of carbonyl (C=O) groups is 1. The van der Waals surface area contributed by atoms with Crippen LogP contribution in [0.3, 0.4) is 0 Å². The van der Waals surface area contributed by atoms with E-state index < -0.39 is 5.97 Å². The Kier molecular flexibility index (Phi) is 1.81. The highest BCUT2D eigenvalue weighted by Gasteiger charge is 2.10. The Labute approximate surface area is 81.6 Å². The fourth-order valence-corrected chi connectivity index (χ4v) is 1.69. The third kappa shape index (κ3) is 1.18. The van der Waals surface area contributed by atoms with Gasteiger partial charge in [0.25, 0.3) is 0 Å². The molecule has 0 radical (unpaired) electrons. The highest BCUT2D eigenvalue weighted by atomic mass is 16.4. The van der Waals surface area contributed by atoms with Gasteiger partial charge in [0, 0.05) is 24.1 Å². The fourth-order valence-electron chi connectivity index (χ4n) is 1.69. The first-order valence-corrected chi connectivity index (χ1v) is 4.38. The van der Waals surface area contributed by atoms with Crippen LogP contribution in [0.4, 0.5) is 0 Å². The molecule has 1 heterocycles. The van der Waals surface area contributed by atoms with Crippen LogP contribution in [0.2, 0.25) is 0 Å². The third-order valence-corrected chi connectivity index (χ3v) is 2.38. The summed E-state index contributed by atoms with van der Waals surface area (Å²) >= 11 is 0. The second-order valence-corrected chi connectivity index (χ2v) is 3.48. The summed E-state index contributed by atoms with van der Waals surface area (Å²) in [4.78, 5) is 11.0. The molecule has 3 heteroatoms. The maximum absolute atomic E-state index is 11.0. The van der Waals surface area contributed by atoms with Crippen LogP contribution >= 0.6 is 0 Å². The minimum Gasteiger partial charge on any atom is -0.478 e. The van der Waals surface area contributed by atoms with Gasteiger partial charge in [-0.05, 0) is 30.7 Å². The number of aromatic carboxylic acids is 1. The van der Waals surface area contributed by atoms with Gasteiger partial charge >= 0.3 is 5.97 Å². The van der Waals surface area contributed by atoms with E-state index in [1.54, 1.807) is 6.07 Å². The van der Waals surface area contributed by atoms with Crippen molar-refractivity contribution in [2.45, 2.75) is 6.92 Å². The Hall–Kier alpha value is -1.77. The zero-order valence-corrected chi connectivity index (χ0v) is 8.11. The number of aryl methyl sites for hydroxylation is 2. The maximum Gasteiger partial charge on any atom is 0.336 e. The van der Waals surface area contributed by atoms with E-state index in [4.69, 9.17) is 5.11 Å². The van der Waals surface area contributed by atoms with Gasteiger partial charge in [-0.1, -0.05) is 0 Å². The van der Waals surface area contributed by atoms with Gasteiger partial charge in [0.2, 0.25) is 0 Å². The van der Waals surface area contributed by atoms with Crippen molar-refractivity contribution in [3.8, 4) is 0 Å². The van der Waals surface area contributed by atoms with Crippen LogP contribution < -0.4 is 0 Å². The number of fused-ring (bicyclic) bond motifs is 1. The lowest BCUT2D eigenvalue weighted by Crippen LogP contribution is -1.98. The number of benzene rings is 1. The molecule has 1 aromatic heterocycles. The standard InChI is InChI=1S/C11H11NO2/c1-7-5-9(11(13)14)8-3-4-12(2)10(8)6-7/h3-6H,1-2H3,(H,13,14). The number of hydrogen-bond donors (Lipinski definition) is 1. The highest BCUT2D eigenvalue weighted by Crippen LogP contribution is 2.21. The van der Waals surface area contributed by atoms with Crippen LogP contribution in [-0.4, -0.2) is 15.6 Å². The van der Waals surface area contributed by atoms with Crippen molar-refractivity contribution >= 4 is 16.9 Å². The van der Waals surface area contributed by atoms with E-state index in [1.165, 1.54) is 0 Å². The topological polar surface area (TPSA) is 42.2 Å². The maximum atomic E-state index is 11.0. The molecule has 0 spiro atoms. The lowest BCUT2D eigenvalue weighted by Gasteiger charge is -2.02. The Morgan fingerprint density at radius 3 is 2.79 bits per heavy atom. The molecule has 1 aromatic carbocycles. The summed E-state index contributed by atoms with van der Waals surface area (Å²) in [5.41, 5.74) is 2.31. The Balaban J connectivity index is 2.88. The molecule has 0 aliphatic rings. The molecule has 14 heavy (non-hydrogen) atoms. The van der Waals surface area contributed by atoms with Gasteiger partial charge in [0.1, 0.15) is 0 Å². The molecule has 0 atom stereocenters. The molecule has 0 aliphatic carbocycles. The first kappa shape index (κ1) is 8.81. The summed E-state index contributed by atoms with van der Waals surface area (Å²) in [6, 6.07) is 5.52. The van der Waals surface area contributed by atoms with Gasteiger partial charge in [-0.3, -0.25) is 0 Å². The van der Waals surface area contributed by atoms with Crippen LogP contribution in [0.1, 0.15) is 15.9 Å². The van der Waals surface area contributed by atoms with Gasteiger partial charge in [-0.15, -0.1) is 0 Å². The van der Waals surface area contributed by atoms with E-state index in [2.05, 4.69) is 0 Å². The molecule has 0 unspecified atom stereocenters. The molecule has 2 aromatic rings. The van der Waals surface area contributed by atoms with E-state index in [1.807, 2.05) is 36.9 Å². The highest BCUT2D eigenvalue weighted by molar-refractivity contribution is 6.03. The molecule has 0 saturated heterocycles. The van der Waals surface area contributed by atoms with Crippen molar-refractivity contribution in [2.24, 2.45) is 7.05 Å². The van der Waals surface area contributed by atoms with E-state index in [0.29, 0.717) is 5.56 Å². The summed E-state index contributed by atoms with van der Waals surface area (Å²) < 4.78 is 1.93. The summed E-state index contributed by atoms with van der Waals surface area (Å²) in [5.74, 6) is -0.870. The van der Waals surface area contributed by atoms with Crippen LogP contribution in [-0.2, 0) is 7.05 Å². The number of hydrogen-bond acceptors (Lipinski definition) is 1. The smallest absolute Gasteiger partial charge is 0.336 e. The van der Waals surface area contributed by atoms with Gasteiger partial charge in [-0.2, -0.15) is 0 Å². The minimum atomic E-state index is -0.870. The molecule has 2 rings (SSSR count). The van der Waals surface area contributed by atoms with Crippen molar-refractivity contribution in [2.75, 3.05) is 0 Å². The second-order valence-electron chi connectivity index (χ2n) is 3.48. The van der Waals surface area contributed by atoms with Gasteiger partial charge in [0.05, 0.1) is 5.56 Å². The SMILES string of the molecule is Cc1cc(C(=O)O)c2ccn(C)c2c1. The third-order valence-electron chi connectivity index (χ3n) is 2.38. The molecule has 72 valence electrons. The number of rotatable bonds is 1. The predicted octanol–water partition coefficient (Wildman–Crippen LogP) is 2.18. The Morgan fingerprint density at radius 1 is 1.43 bits per heavy atom. The van der Waals surface area contributed by atoms with Crippen molar-refractivity contribution in [3.63, 3.8) is 0 Å². The second kappa shape index (κ2) is 2.87. The normalized spacial score (nSPS) is 10.7. The van der Waals surface area contributed by atoms with Crippen molar-refractivity contribution in [3.05, 3.63) is 35.5 Å². The van der Waals surface area contributed by atoms with Crippen LogP contribution in [0.15, 0.2) is 24.4 Å². The first-order chi connectivity index (χ1) is 6.59. The zero-order chi connectivity index (χ0) is 10.3. The summed E-state index contributed by atoms with van der Waals surface area (Å²) in [5, 5.41) is 9.80. The van der Waals surface area contributed by atoms with E-state index in [-0.39, 0.29) is 0 Å². The van der Waals surface area contributed by atoms with Crippen LogP contribution in [0.25, 0.3) is 10.9 Å². The molecular weight excluding hydrogens is 178 g/mol. The average Bonchev–Trinajstić information content (AvgIpc) is 2.47. The molecule has 0 fully saturated rings. The number of nitrogens with zero attached hydrogens (tertiary/aromatic N) is 1. The van der Waals surface area contributed by atoms with Crippen molar-refractivity contribution < 1.29 is 9.90 Å². The monoisotopic (exact) mass is 189 g/mol. The number of carboxylic acids is 1. The largest absolute Gasteiger partial charge is 0.478 e. The summed E-state index contributed by atoms with van der Waals surface area (Å²) in [7, 11) is 1.91. The van der Waals surface area contributed by atoms with Crippen LogP contribution in [0, 0.1) is 6.92 Å². The van der Waals surface area contributed by atoms with Gasteiger partial charge < -0.3 is 9.67 Å². The van der Waals surface area contributed by atoms with E-state index >= 15 is 0 Å². The molecule has 0 saturated carbocycles. The lowest BCUT2D eigenvalue weighted by molar-refractivity contribution is 0.0699. The number of aromatic nitrogens is 1. The van der Waals surface area contributed by atoms with Crippen LogP contribution in [0.5, 0.6) is 0 Å². The molecule has 1 N–H and O–H groups in total. The number of carboxylic acid groups (broad SMARTS) is 1. The summed E-state index contributed by atoms with van der Waals surface area (Å²) in [6.45, 7) is 1.90. The molecule has 0 aliphatic heterocycles. The predicted molar refractivity (Wildman–Crippen MR) is 54.6 cm³/mol. The quantitative estimate of drug-likeness (QED) is 0.747. The minimum absolute atomic E-state index is 0.376. The van der Waals surface area contributed by atoms with Gasteiger partial charge in [0.15, 0.2) is 0 Å². The fraction of sp³-hybridized carbons (Fsp3) is 0.182. The molecule has 3 nitrogen and oxygen atoms in total. The first-order valence-electron chi connectivity index (χ1n) is 4.38. The molecular formula is C11H11NO2. The average molecular weight is 189 g/mol. The Bertz CT molecular complexity index is 511. The zero-order valence-electron chi connectivity index (χ0n) is 8.11. The van der Waals surface area contributed by atoms with Gasteiger partial charge in [-0.25, -0.2) is 4.79 Å². The van der Waals surface area contributed by atoms with Crippen molar-refractivity contribution in [1.82, 2.24) is 4.57 Å².